The zero-order valence-electron chi connectivity index (χ0n) is 14.0. The Kier molecular flexibility index (Phi) is 6.27. The third kappa shape index (κ3) is 5.26. The summed E-state index contributed by atoms with van der Waals surface area (Å²) in [4.78, 5) is 0.258. The van der Waals surface area contributed by atoms with E-state index in [0.29, 0.717) is 21.2 Å². The molecule has 0 bridgehead atoms. The molecule has 0 aliphatic carbocycles. The second-order valence-electron chi connectivity index (χ2n) is 5.39. The quantitative estimate of drug-likeness (QED) is 0.206. The first-order valence-electron chi connectivity index (χ1n) is 7.40. The molecule has 0 fully saturated rings. The predicted octanol–water partition coefficient (Wildman–Crippen LogP) is 5.66. The van der Waals surface area contributed by atoms with Crippen LogP contribution in [0.4, 0.5) is 26.3 Å². The summed E-state index contributed by atoms with van der Waals surface area (Å²) in [6, 6.07) is 16.4. The SMILES string of the molecule is N#Cc1ccc(-c2cc3ccccc3[s+]2C(F)(F)F)cc1.O=S(=O)([O-])C(F)(F)F. The lowest BCUT2D eigenvalue weighted by molar-refractivity contribution is -0.0864. The van der Waals surface area contributed by atoms with Gasteiger partial charge in [-0.15, -0.1) is 13.2 Å². The van der Waals surface area contributed by atoms with Crippen molar-refractivity contribution in [2.45, 2.75) is 11.0 Å². The predicted molar refractivity (Wildman–Crippen MR) is 93.6 cm³/mol. The maximum absolute atomic E-state index is 13.4. The summed E-state index contributed by atoms with van der Waals surface area (Å²) in [7, 11) is -8.03. The number of halogens is 6. The summed E-state index contributed by atoms with van der Waals surface area (Å²) in [5, 5.41) is 9.38. The number of hydrogen-bond donors (Lipinski definition) is 0. The highest BCUT2D eigenvalue weighted by atomic mass is 32.2. The molecule has 154 valence electrons. The first kappa shape index (κ1) is 22.7. The van der Waals surface area contributed by atoms with E-state index in [-0.39, 0.29) is 4.88 Å². The third-order valence-electron chi connectivity index (χ3n) is 3.46. The van der Waals surface area contributed by atoms with Crippen molar-refractivity contribution in [1.29, 1.82) is 5.26 Å². The van der Waals surface area contributed by atoms with Gasteiger partial charge >= 0.3 is 11.0 Å². The molecule has 1 atom stereocenters. The number of alkyl halides is 6. The monoisotopic (exact) mass is 453 g/mol. The van der Waals surface area contributed by atoms with E-state index in [1.807, 2.05) is 6.07 Å². The van der Waals surface area contributed by atoms with Crippen LogP contribution in [0.2, 0.25) is 0 Å². The normalized spacial score (nSPS) is 12.8. The minimum Gasteiger partial charge on any atom is -0.741 e. The average Bonchev–Trinajstić information content (AvgIpc) is 3.00. The van der Waals surface area contributed by atoms with Crippen molar-refractivity contribution in [1.82, 2.24) is 0 Å². The highest BCUT2D eigenvalue weighted by molar-refractivity contribution is 7.86. The topological polar surface area (TPSA) is 81.0 Å². The van der Waals surface area contributed by atoms with Crippen LogP contribution in [0.25, 0.3) is 20.5 Å². The Morgan fingerprint density at radius 1 is 0.931 bits per heavy atom. The number of fused-ring (bicyclic) bond motifs is 1. The van der Waals surface area contributed by atoms with E-state index < -0.39 is 31.6 Å². The van der Waals surface area contributed by atoms with Gasteiger partial charge in [-0.05, 0) is 36.4 Å². The maximum Gasteiger partial charge on any atom is 0.601 e. The van der Waals surface area contributed by atoms with Gasteiger partial charge in [0.05, 0.1) is 11.6 Å². The van der Waals surface area contributed by atoms with Crippen molar-refractivity contribution in [3.05, 3.63) is 60.2 Å². The van der Waals surface area contributed by atoms with Gasteiger partial charge < -0.3 is 4.55 Å². The molecule has 0 saturated heterocycles. The molecule has 0 spiro atoms. The van der Waals surface area contributed by atoms with Crippen LogP contribution < -0.4 is 0 Å². The molecule has 0 amide bonds. The second kappa shape index (κ2) is 8.02. The van der Waals surface area contributed by atoms with Gasteiger partial charge in [0.2, 0.25) is 0 Å². The second-order valence-corrected chi connectivity index (χ2v) is 8.71. The standard InChI is InChI=1S/C16H9F3NS.CHF3O3S/c17-16(18,19)21-14-4-2-1-3-13(14)9-15(21)12-7-5-11(10-20)6-8-12;2-1(3,4)8(5,6)7/h1-9H;(H,5,6,7)/q+1;/p-1. The molecule has 12 heteroatoms. The van der Waals surface area contributed by atoms with E-state index in [2.05, 4.69) is 0 Å². The van der Waals surface area contributed by atoms with Gasteiger partial charge in [0.1, 0.15) is 10.5 Å². The summed E-state index contributed by atoms with van der Waals surface area (Å²) >= 11 is 0. The van der Waals surface area contributed by atoms with Crippen LogP contribution in [0.15, 0.2) is 54.6 Å². The Bertz CT molecular complexity index is 1160. The number of hydrogen-bond acceptors (Lipinski definition) is 4. The van der Waals surface area contributed by atoms with Crippen molar-refractivity contribution >= 4 is 30.7 Å². The zero-order chi connectivity index (χ0) is 22.0. The van der Waals surface area contributed by atoms with E-state index in [1.165, 1.54) is 18.2 Å². The molecule has 0 N–H and O–H groups in total. The smallest absolute Gasteiger partial charge is 0.601 e. The van der Waals surface area contributed by atoms with Gasteiger partial charge in [0.15, 0.2) is 19.7 Å². The van der Waals surface area contributed by atoms with Crippen LogP contribution in [0.5, 0.6) is 0 Å². The molecule has 0 saturated carbocycles. The van der Waals surface area contributed by atoms with E-state index >= 15 is 0 Å². The third-order valence-corrected chi connectivity index (χ3v) is 6.09. The first-order chi connectivity index (χ1) is 13.3. The maximum atomic E-state index is 13.4. The molecule has 0 radical (unpaired) electrons. The number of nitrogens with zero attached hydrogens (tertiary/aromatic N) is 1. The molecule has 0 aliphatic rings. The van der Waals surface area contributed by atoms with Gasteiger partial charge in [-0.2, -0.15) is 18.4 Å². The van der Waals surface area contributed by atoms with Crippen LogP contribution in [0.3, 0.4) is 0 Å². The largest absolute Gasteiger partial charge is 0.741 e. The van der Waals surface area contributed by atoms with E-state index in [4.69, 9.17) is 18.2 Å². The van der Waals surface area contributed by atoms with Crippen LogP contribution >= 0.6 is 10.5 Å². The Morgan fingerprint density at radius 3 is 1.90 bits per heavy atom. The molecule has 4 nitrogen and oxygen atoms in total. The van der Waals surface area contributed by atoms with Crippen molar-refractivity contribution in [3.63, 3.8) is 0 Å². The lowest BCUT2D eigenvalue weighted by Gasteiger charge is -2.08. The van der Waals surface area contributed by atoms with Gasteiger partial charge in [-0.3, -0.25) is 0 Å². The average molecular weight is 453 g/mol. The highest BCUT2D eigenvalue weighted by Gasteiger charge is 2.48. The van der Waals surface area contributed by atoms with Crippen molar-refractivity contribution in [2.24, 2.45) is 0 Å². The first-order valence-corrected chi connectivity index (χ1v) is 10.0. The summed E-state index contributed by atoms with van der Waals surface area (Å²) in [5.74, 6) is 0. The summed E-state index contributed by atoms with van der Waals surface area (Å²) in [6.07, 6.45) is 0. The molecular formula is C17H9F6NO3S2. The van der Waals surface area contributed by atoms with E-state index in [1.54, 1.807) is 36.4 Å². The Balaban J connectivity index is 0.000000321. The minimum absolute atomic E-state index is 0.258. The Hall–Kier alpha value is -2.62. The number of benzene rings is 2. The van der Waals surface area contributed by atoms with Crippen molar-refractivity contribution in [3.8, 4) is 16.5 Å². The van der Waals surface area contributed by atoms with Gasteiger partial charge in [0.25, 0.3) is 0 Å². The molecule has 1 aromatic heterocycles. The molecule has 29 heavy (non-hydrogen) atoms. The van der Waals surface area contributed by atoms with E-state index in [9.17, 15) is 26.3 Å². The van der Waals surface area contributed by atoms with Crippen molar-refractivity contribution in [2.75, 3.05) is 0 Å². The molecule has 3 aromatic rings. The van der Waals surface area contributed by atoms with Crippen LogP contribution in [-0.2, 0) is 15.6 Å². The molecular weight excluding hydrogens is 444 g/mol. The summed E-state index contributed by atoms with van der Waals surface area (Å²) < 4.78 is 99.5. The summed E-state index contributed by atoms with van der Waals surface area (Å²) in [6.45, 7) is 0. The lowest BCUT2D eigenvalue weighted by Crippen LogP contribution is -2.21. The van der Waals surface area contributed by atoms with Gasteiger partial charge in [0, 0.05) is 17.0 Å². The van der Waals surface area contributed by atoms with Crippen LogP contribution in [-0.4, -0.2) is 18.5 Å². The fourth-order valence-electron chi connectivity index (χ4n) is 2.26. The van der Waals surface area contributed by atoms with Crippen LogP contribution in [0, 0.1) is 11.3 Å². The van der Waals surface area contributed by atoms with Crippen LogP contribution in [0.1, 0.15) is 5.56 Å². The Labute approximate surface area is 163 Å². The van der Waals surface area contributed by atoms with Crippen molar-refractivity contribution < 1.29 is 39.3 Å². The molecule has 0 aliphatic heterocycles. The molecule has 1 heterocycles. The summed E-state index contributed by atoms with van der Waals surface area (Å²) in [5.41, 5.74) is -9.02. The van der Waals surface area contributed by atoms with E-state index in [0.717, 1.165) is 0 Å². The molecule has 1 unspecified atom stereocenters. The molecule has 3 rings (SSSR count). The van der Waals surface area contributed by atoms with Gasteiger partial charge in [-0.1, -0.05) is 12.1 Å². The minimum atomic E-state index is -6.09. The number of nitriles is 1. The molecule has 2 aromatic carbocycles. The Morgan fingerprint density at radius 2 is 1.45 bits per heavy atom. The number of rotatable bonds is 1. The van der Waals surface area contributed by atoms with Gasteiger partial charge in [-0.25, -0.2) is 8.42 Å². The fraction of sp³-hybridized carbons (Fsp3) is 0.118. The lowest BCUT2D eigenvalue weighted by atomic mass is 10.1. The zero-order valence-corrected chi connectivity index (χ0v) is 15.6. The fourth-order valence-corrected chi connectivity index (χ4v) is 4.19. The highest BCUT2D eigenvalue weighted by Crippen LogP contribution is 2.54. The number of thiophene rings is 1.